The van der Waals surface area contributed by atoms with E-state index in [2.05, 4.69) is 19.2 Å². The highest BCUT2D eigenvalue weighted by atomic mass is 16.5. The van der Waals surface area contributed by atoms with Crippen LogP contribution in [0.1, 0.15) is 46.0 Å². The zero-order valence-electron chi connectivity index (χ0n) is 12.0. The van der Waals surface area contributed by atoms with Crippen LogP contribution in [-0.4, -0.2) is 40.0 Å². The molecular weight excluding hydrogens is 214 g/mol. The minimum absolute atomic E-state index is 0.697. The van der Waals surface area contributed by atoms with Crippen LogP contribution in [0.5, 0.6) is 0 Å². The van der Waals surface area contributed by atoms with Crippen LogP contribution in [0, 0.1) is 5.92 Å². The summed E-state index contributed by atoms with van der Waals surface area (Å²) in [4.78, 5) is 0. The molecule has 0 bridgehead atoms. The molecule has 0 aromatic carbocycles. The van der Waals surface area contributed by atoms with E-state index in [9.17, 15) is 0 Å². The molecule has 0 amide bonds. The van der Waals surface area contributed by atoms with E-state index in [1.807, 2.05) is 0 Å². The summed E-state index contributed by atoms with van der Waals surface area (Å²) in [7, 11) is 1.70. The quantitative estimate of drug-likeness (QED) is 0.506. The summed E-state index contributed by atoms with van der Waals surface area (Å²) in [5, 5.41) is 3.52. The third-order valence-electron chi connectivity index (χ3n) is 3.05. The average molecular weight is 245 g/mol. The van der Waals surface area contributed by atoms with Crippen molar-refractivity contribution in [1.82, 2.24) is 5.32 Å². The van der Waals surface area contributed by atoms with Gasteiger partial charge >= 0.3 is 0 Å². The van der Waals surface area contributed by atoms with Gasteiger partial charge in [-0.05, 0) is 31.8 Å². The van der Waals surface area contributed by atoms with Gasteiger partial charge in [-0.15, -0.1) is 0 Å². The number of rotatable bonds is 13. The maximum Gasteiger partial charge on any atom is 0.0700 e. The predicted octanol–water partition coefficient (Wildman–Crippen LogP) is 2.85. The molecule has 0 aliphatic carbocycles. The Morgan fingerprint density at radius 2 is 1.88 bits per heavy atom. The Bertz CT molecular complexity index is 142. The normalized spacial score (nSPS) is 12.9. The Labute approximate surface area is 107 Å². The van der Waals surface area contributed by atoms with Crippen LogP contribution in [0.15, 0.2) is 0 Å². The van der Waals surface area contributed by atoms with Crippen molar-refractivity contribution in [2.75, 3.05) is 40.0 Å². The zero-order valence-corrected chi connectivity index (χ0v) is 12.0. The van der Waals surface area contributed by atoms with Crippen molar-refractivity contribution in [3.8, 4) is 0 Å². The lowest BCUT2D eigenvalue weighted by Crippen LogP contribution is -2.24. The molecular formula is C14H31NO2. The molecule has 3 heteroatoms. The number of nitrogens with one attached hydrogen (secondary N) is 1. The van der Waals surface area contributed by atoms with Gasteiger partial charge in [0.05, 0.1) is 13.2 Å². The monoisotopic (exact) mass is 245 g/mol. The highest BCUT2D eigenvalue weighted by molar-refractivity contribution is 4.60. The number of hydrogen-bond acceptors (Lipinski definition) is 3. The lowest BCUT2D eigenvalue weighted by molar-refractivity contribution is 0.0694. The van der Waals surface area contributed by atoms with Crippen LogP contribution in [0.4, 0.5) is 0 Å². The van der Waals surface area contributed by atoms with Gasteiger partial charge in [-0.25, -0.2) is 0 Å². The summed E-state index contributed by atoms with van der Waals surface area (Å²) < 4.78 is 10.3. The molecule has 0 saturated heterocycles. The highest BCUT2D eigenvalue weighted by Gasteiger charge is 2.04. The standard InChI is InChI=1S/C14H31NO2/c1-4-6-8-14(5-2)13-15-9-7-10-17-12-11-16-3/h14-15H,4-13H2,1-3H3. The zero-order chi connectivity index (χ0) is 12.8. The topological polar surface area (TPSA) is 30.5 Å². The third-order valence-corrected chi connectivity index (χ3v) is 3.05. The first kappa shape index (κ1) is 16.9. The molecule has 104 valence electrons. The van der Waals surface area contributed by atoms with Crippen LogP contribution in [0.3, 0.4) is 0 Å². The molecule has 0 rings (SSSR count). The van der Waals surface area contributed by atoms with Crippen molar-refractivity contribution in [2.45, 2.75) is 46.0 Å². The van der Waals surface area contributed by atoms with Gasteiger partial charge in [-0.1, -0.05) is 33.1 Å². The maximum absolute atomic E-state index is 5.41. The molecule has 1 atom stereocenters. The van der Waals surface area contributed by atoms with E-state index in [-0.39, 0.29) is 0 Å². The minimum Gasteiger partial charge on any atom is -0.382 e. The highest BCUT2D eigenvalue weighted by Crippen LogP contribution is 2.10. The van der Waals surface area contributed by atoms with Gasteiger partial charge in [0.25, 0.3) is 0 Å². The molecule has 0 aromatic heterocycles. The molecule has 1 N–H and O–H groups in total. The van der Waals surface area contributed by atoms with E-state index >= 15 is 0 Å². The van der Waals surface area contributed by atoms with Crippen molar-refractivity contribution in [3.63, 3.8) is 0 Å². The van der Waals surface area contributed by atoms with Gasteiger partial charge in [0.15, 0.2) is 0 Å². The van der Waals surface area contributed by atoms with Gasteiger partial charge in [-0.3, -0.25) is 0 Å². The summed E-state index contributed by atoms with van der Waals surface area (Å²) in [5.41, 5.74) is 0. The first-order valence-electron chi connectivity index (χ1n) is 7.12. The fourth-order valence-corrected chi connectivity index (χ4v) is 1.79. The van der Waals surface area contributed by atoms with Gasteiger partial charge in [0.2, 0.25) is 0 Å². The number of ether oxygens (including phenoxy) is 2. The summed E-state index contributed by atoms with van der Waals surface area (Å²) in [6.07, 6.45) is 6.42. The van der Waals surface area contributed by atoms with E-state index in [0.717, 1.165) is 32.0 Å². The van der Waals surface area contributed by atoms with Crippen LogP contribution in [0.2, 0.25) is 0 Å². The third kappa shape index (κ3) is 12.1. The van der Waals surface area contributed by atoms with Crippen LogP contribution in [0.25, 0.3) is 0 Å². The van der Waals surface area contributed by atoms with Gasteiger partial charge in [0.1, 0.15) is 0 Å². The summed E-state index contributed by atoms with van der Waals surface area (Å²) in [5.74, 6) is 0.851. The Morgan fingerprint density at radius 3 is 2.53 bits per heavy atom. The number of hydrogen-bond donors (Lipinski definition) is 1. The summed E-state index contributed by atoms with van der Waals surface area (Å²) in [6, 6.07) is 0. The van der Waals surface area contributed by atoms with E-state index in [4.69, 9.17) is 9.47 Å². The van der Waals surface area contributed by atoms with Gasteiger partial charge < -0.3 is 14.8 Å². The largest absolute Gasteiger partial charge is 0.382 e. The summed E-state index contributed by atoms with van der Waals surface area (Å²) >= 11 is 0. The fraction of sp³-hybridized carbons (Fsp3) is 1.00. The van der Waals surface area contributed by atoms with Crippen LogP contribution >= 0.6 is 0 Å². The lowest BCUT2D eigenvalue weighted by atomic mass is 9.99. The second-order valence-electron chi connectivity index (χ2n) is 4.58. The second-order valence-corrected chi connectivity index (χ2v) is 4.58. The smallest absolute Gasteiger partial charge is 0.0700 e. The van der Waals surface area contributed by atoms with Crippen molar-refractivity contribution < 1.29 is 9.47 Å². The molecule has 0 heterocycles. The Morgan fingerprint density at radius 1 is 1.06 bits per heavy atom. The van der Waals surface area contributed by atoms with Crippen molar-refractivity contribution in [3.05, 3.63) is 0 Å². The molecule has 0 saturated carbocycles. The predicted molar refractivity (Wildman–Crippen MR) is 73.5 cm³/mol. The van der Waals surface area contributed by atoms with Gasteiger partial charge in [0, 0.05) is 13.7 Å². The van der Waals surface area contributed by atoms with Crippen molar-refractivity contribution in [1.29, 1.82) is 0 Å². The number of unbranched alkanes of at least 4 members (excludes halogenated alkanes) is 1. The van der Waals surface area contributed by atoms with E-state index < -0.39 is 0 Å². The van der Waals surface area contributed by atoms with Crippen molar-refractivity contribution in [2.24, 2.45) is 5.92 Å². The molecule has 0 fully saturated rings. The molecule has 0 aliphatic heterocycles. The van der Waals surface area contributed by atoms with Crippen molar-refractivity contribution >= 4 is 0 Å². The van der Waals surface area contributed by atoms with E-state index in [1.54, 1.807) is 7.11 Å². The summed E-state index contributed by atoms with van der Waals surface area (Å²) in [6.45, 7) is 9.02. The second kappa shape index (κ2) is 13.9. The van der Waals surface area contributed by atoms with Crippen LogP contribution < -0.4 is 5.32 Å². The maximum atomic E-state index is 5.41. The van der Waals surface area contributed by atoms with E-state index in [1.165, 1.54) is 25.7 Å². The average Bonchev–Trinajstić information content (AvgIpc) is 2.36. The molecule has 3 nitrogen and oxygen atoms in total. The molecule has 1 unspecified atom stereocenters. The molecule has 17 heavy (non-hydrogen) atoms. The number of methoxy groups -OCH3 is 1. The van der Waals surface area contributed by atoms with E-state index in [0.29, 0.717) is 13.2 Å². The molecule has 0 spiro atoms. The van der Waals surface area contributed by atoms with Crippen LogP contribution in [-0.2, 0) is 9.47 Å². The Balaban J connectivity index is 3.19. The SMILES string of the molecule is CCCCC(CC)CNCCCOCCOC. The van der Waals surface area contributed by atoms with Gasteiger partial charge in [-0.2, -0.15) is 0 Å². The molecule has 0 radical (unpaired) electrons. The molecule has 0 aliphatic rings. The first-order chi connectivity index (χ1) is 8.35. The minimum atomic E-state index is 0.697. The fourth-order valence-electron chi connectivity index (χ4n) is 1.79. The lowest BCUT2D eigenvalue weighted by Gasteiger charge is -2.15. The first-order valence-corrected chi connectivity index (χ1v) is 7.12. The molecule has 0 aromatic rings. The Hall–Kier alpha value is -0.120. The Kier molecular flexibility index (Phi) is 13.8.